The summed E-state index contributed by atoms with van der Waals surface area (Å²) in [6, 6.07) is 18.9. The topological polar surface area (TPSA) is 72.9 Å². The SMILES string of the molecule is O=C(Cc1cccc2ccccc12)N[C@@H](CO)C(=O)N1CCN(c2ccc(F)cc2)CC1. The lowest BCUT2D eigenvalue weighted by atomic mass is 10.0. The maximum Gasteiger partial charge on any atom is 0.247 e. The Hall–Kier alpha value is -3.45. The lowest BCUT2D eigenvalue weighted by Gasteiger charge is -2.37. The molecule has 0 radical (unpaired) electrons. The van der Waals surface area contributed by atoms with E-state index in [9.17, 15) is 19.1 Å². The highest BCUT2D eigenvalue weighted by Gasteiger charge is 2.28. The zero-order chi connectivity index (χ0) is 22.5. The highest BCUT2D eigenvalue weighted by atomic mass is 19.1. The van der Waals surface area contributed by atoms with Crippen molar-refractivity contribution in [3.8, 4) is 0 Å². The minimum Gasteiger partial charge on any atom is -0.394 e. The molecule has 0 bridgehead atoms. The number of benzene rings is 3. The van der Waals surface area contributed by atoms with Crippen molar-refractivity contribution in [3.63, 3.8) is 0 Å². The number of aliphatic hydroxyl groups excluding tert-OH is 1. The fourth-order valence-corrected chi connectivity index (χ4v) is 4.11. The molecule has 6 nitrogen and oxygen atoms in total. The van der Waals surface area contributed by atoms with E-state index in [4.69, 9.17) is 0 Å². The van der Waals surface area contributed by atoms with Crippen molar-refractivity contribution in [2.45, 2.75) is 12.5 Å². The number of nitrogens with zero attached hydrogens (tertiary/aromatic N) is 2. The summed E-state index contributed by atoms with van der Waals surface area (Å²) >= 11 is 0. The molecule has 0 saturated carbocycles. The molecule has 1 saturated heterocycles. The van der Waals surface area contributed by atoms with E-state index in [1.54, 1.807) is 17.0 Å². The fraction of sp³-hybridized carbons (Fsp3) is 0.280. The fourth-order valence-electron chi connectivity index (χ4n) is 4.11. The normalized spacial score (nSPS) is 14.9. The molecule has 2 amide bonds. The molecule has 4 rings (SSSR count). The van der Waals surface area contributed by atoms with E-state index in [2.05, 4.69) is 10.2 Å². The van der Waals surface area contributed by atoms with Crippen molar-refractivity contribution in [1.82, 2.24) is 10.2 Å². The standard InChI is InChI=1S/C25H26FN3O3/c26-20-8-10-21(11-9-20)28-12-14-29(15-13-28)25(32)23(17-30)27-24(31)16-19-6-3-5-18-4-1-2-7-22(18)19/h1-11,23,30H,12-17H2,(H,27,31)/t23-/m0/s1. The van der Waals surface area contributed by atoms with Gasteiger partial charge in [-0.05, 0) is 40.6 Å². The smallest absolute Gasteiger partial charge is 0.247 e. The predicted octanol–water partition coefficient (Wildman–Crippen LogP) is 2.35. The zero-order valence-corrected chi connectivity index (χ0v) is 17.7. The second-order valence-electron chi connectivity index (χ2n) is 7.91. The second-order valence-corrected chi connectivity index (χ2v) is 7.91. The van der Waals surface area contributed by atoms with Crippen LogP contribution >= 0.6 is 0 Å². The molecule has 0 aromatic heterocycles. The first-order valence-corrected chi connectivity index (χ1v) is 10.7. The van der Waals surface area contributed by atoms with Gasteiger partial charge in [-0.2, -0.15) is 0 Å². The largest absolute Gasteiger partial charge is 0.394 e. The number of anilines is 1. The third kappa shape index (κ3) is 4.89. The van der Waals surface area contributed by atoms with Crippen molar-refractivity contribution < 1.29 is 19.1 Å². The number of fused-ring (bicyclic) bond motifs is 1. The molecular formula is C25H26FN3O3. The zero-order valence-electron chi connectivity index (χ0n) is 17.7. The van der Waals surface area contributed by atoms with Crippen LogP contribution in [0.15, 0.2) is 66.7 Å². The molecule has 1 heterocycles. The monoisotopic (exact) mass is 435 g/mol. The molecule has 166 valence electrons. The summed E-state index contributed by atoms with van der Waals surface area (Å²) in [7, 11) is 0. The Bertz CT molecular complexity index is 1090. The number of hydrogen-bond donors (Lipinski definition) is 2. The van der Waals surface area contributed by atoms with E-state index < -0.39 is 12.6 Å². The van der Waals surface area contributed by atoms with Gasteiger partial charge in [-0.3, -0.25) is 9.59 Å². The number of hydrogen-bond acceptors (Lipinski definition) is 4. The Morgan fingerprint density at radius 3 is 2.34 bits per heavy atom. The summed E-state index contributed by atoms with van der Waals surface area (Å²) in [5.74, 6) is -0.885. The van der Waals surface area contributed by atoms with Crippen LogP contribution in [-0.4, -0.2) is 60.6 Å². The van der Waals surface area contributed by atoms with Crippen molar-refractivity contribution in [2.75, 3.05) is 37.7 Å². The van der Waals surface area contributed by atoms with E-state index in [0.717, 1.165) is 22.0 Å². The lowest BCUT2D eigenvalue weighted by molar-refractivity contribution is -0.137. The molecule has 1 aliphatic rings. The Balaban J connectivity index is 1.34. The third-order valence-electron chi connectivity index (χ3n) is 5.83. The van der Waals surface area contributed by atoms with Crippen LogP contribution in [0, 0.1) is 5.82 Å². The quantitative estimate of drug-likeness (QED) is 0.624. The van der Waals surface area contributed by atoms with Gasteiger partial charge < -0.3 is 20.2 Å². The highest BCUT2D eigenvalue weighted by Crippen LogP contribution is 2.19. The number of amides is 2. The van der Waals surface area contributed by atoms with Crippen molar-refractivity contribution in [3.05, 3.63) is 78.1 Å². The Morgan fingerprint density at radius 2 is 1.62 bits per heavy atom. The number of carbonyl (C=O) groups is 2. The molecule has 0 unspecified atom stereocenters. The Labute approximate surface area is 186 Å². The second kappa shape index (κ2) is 9.78. The van der Waals surface area contributed by atoms with Gasteiger partial charge in [0, 0.05) is 31.9 Å². The van der Waals surface area contributed by atoms with E-state index in [1.165, 1.54) is 12.1 Å². The summed E-state index contributed by atoms with van der Waals surface area (Å²) in [4.78, 5) is 29.3. The Morgan fingerprint density at radius 1 is 0.938 bits per heavy atom. The minimum atomic E-state index is -0.977. The first-order chi connectivity index (χ1) is 15.5. The van der Waals surface area contributed by atoms with E-state index in [-0.39, 0.29) is 24.1 Å². The maximum atomic E-state index is 13.1. The summed E-state index contributed by atoms with van der Waals surface area (Å²) < 4.78 is 13.1. The molecule has 0 spiro atoms. The number of aliphatic hydroxyl groups is 1. The van der Waals surface area contributed by atoms with E-state index in [1.807, 2.05) is 42.5 Å². The number of nitrogens with one attached hydrogen (secondary N) is 1. The maximum absolute atomic E-state index is 13.1. The van der Waals surface area contributed by atoms with Gasteiger partial charge in [0.25, 0.3) is 0 Å². The molecule has 3 aromatic carbocycles. The van der Waals surface area contributed by atoms with Gasteiger partial charge in [0.2, 0.25) is 11.8 Å². The molecule has 1 fully saturated rings. The minimum absolute atomic E-state index is 0.128. The lowest BCUT2D eigenvalue weighted by Crippen LogP contribution is -2.56. The Kier molecular flexibility index (Phi) is 6.66. The number of rotatable bonds is 6. The van der Waals surface area contributed by atoms with Crippen molar-refractivity contribution >= 4 is 28.3 Å². The summed E-state index contributed by atoms with van der Waals surface area (Å²) in [6.07, 6.45) is 0.128. The van der Waals surface area contributed by atoms with Crippen LogP contribution in [-0.2, 0) is 16.0 Å². The summed E-state index contributed by atoms with van der Waals surface area (Å²) in [5, 5.41) is 14.5. The van der Waals surface area contributed by atoms with Gasteiger partial charge in [0.05, 0.1) is 13.0 Å². The van der Waals surface area contributed by atoms with E-state index in [0.29, 0.717) is 26.2 Å². The van der Waals surface area contributed by atoms with E-state index >= 15 is 0 Å². The van der Waals surface area contributed by atoms with Crippen molar-refractivity contribution in [1.29, 1.82) is 0 Å². The van der Waals surface area contributed by atoms with Crippen LogP contribution in [0.25, 0.3) is 10.8 Å². The molecule has 7 heteroatoms. The molecule has 3 aromatic rings. The predicted molar refractivity (Wildman–Crippen MR) is 122 cm³/mol. The number of halogens is 1. The van der Waals surface area contributed by atoms with Gasteiger partial charge >= 0.3 is 0 Å². The van der Waals surface area contributed by atoms with Gasteiger partial charge in [-0.1, -0.05) is 42.5 Å². The first kappa shape index (κ1) is 21.8. The number of carbonyl (C=O) groups excluding carboxylic acids is 2. The molecular weight excluding hydrogens is 409 g/mol. The average molecular weight is 435 g/mol. The molecule has 2 N–H and O–H groups in total. The van der Waals surface area contributed by atoms with Gasteiger partial charge in [-0.15, -0.1) is 0 Å². The average Bonchev–Trinajstić information content (AvgIpc) is 2.83. The van der Waals surface area contributed by atoms with Crippen LogP contribution in [0.3, 0.4) is 0 Å². The highest BCUT2D eigenvalue weighted by molar-refractivity contribution is 5.92. The van der Waals surface area contributed by atoms with Crippen LogP contribution < -0.4 is 10.2 Å². The van der Waals surface area contributed by atoms with Gasteiger partial charge in [0.1, 0.15) is 11.9 Å². The third-order valence-corrected chi connectivity index (χ3v) is 5.83. The van der Waals surface area contributed by atoms with Crippen LogP contribution in [0.1, 0.15) is 5.56 Å². The van der Waals surface area contributed by atoms with Crippen LogP contribution in [0.5, 0.6) is 0 Å². The molecule has 1 aliphatic heterocycles. The number of piperazine rings is 1. The van der Waals surface area contributed by atoms with Gasteiger partial charge in [0.15, 0.2) is 0 Å². The van der Waals surface area contributed by atoms with Crippen LogP contribution in [0.4, 0.5) is 10.1 Å². The molecule has 1 atom stereocenters. The van der Waals surface area contributed by atoms with Gasteiger partial charge in [-0.25, -0.2) is 4.39 Å². The van der Waals surface area contributed by atoms with Crippen molar-refractivity contribution in [2.24, 2.45) is 0 Å². The summed E-state index contributed by atoms with van der Waals surface area (Å²) in [6.45, 7) is 1.66. The van der Waals surface area contributed by atoms with Crippen LogP contribution in [0.2, 0.25) is 0 Å². The molecule has 32 heavy (non-hydrogen) atoms. The summed E-state index contributed by atoms with van der Waals surface area (Å²) in [5.41, 5.74) is 1.78. The first-order valence-electron chi connectivity index (χ1n) is 10.7. The molecule has 0 aliphatic carbocycles.